The topological polar surface area (TPSA) is 68.3 Å². The third-order valence-corrected chi connectivity index (χ3v) is 6.61. The van der Waals surface area contributed by atoms with Crippen LogP contribution in [0, 0.1) is 0 Å². The third-order valence-electron chi connectivity index (χ3n) is 5.83. The Morgan fingerprint density at radius 3 is 2.03 bits per heavy atom. The minimum atomic E-state index is -0.0966. The van der Waals surface area contributed by atoms with Gasteiger partial charge >= 0.3 is 6.03 Å². The van der Waals surface area contributed by atoms with Gasteiger partial charge < -0.3 is 24.5 Å². The molecule has 33 heavy (non-hydrogen) atoms. The molecule has 1 heterocycles. The van der Waals surface area contributed by atoms with Crippen LogP contribution in [0.3, 0.4) is 0 Å². The van der Waals surface area contributed by atoms with Crippen molar-refractivity contribution in [3.63, 3.8) is 0 Å². The Bertz CT molecular complexity index is 832. The minimum Gasteiger partial charge on any atom is -0.497 e. The predicted molar refractivity (Wildman–Crippen MR) is 136 cm³/mol. The van der Waals surface area contributed by atoms with Crippen molar-refractivity contribution in [2.45, 2.75) is 31.1 Å². The number of hydrogen-bond acceptors (Lipinski definition) is 6. The van der Waals surface area contributed by atoms with Crippen LogP contribution >= 0.6 is 11.9 Å². The molecule has 2 N–H and O–H groups in total. The van der Waals surface area contributed by atoms with Crippen LogP contribution in [0.25, 0.3) is 0 Å². The van der Waals surface area contributed by atoms with Crippen molar-refractivity contribution in [3.8, 4) is 5.75 Å². The number of piperazine rings is 1. The lowest BCUT2D eigenvalue weighted by molar-refractivity contribution is 0.194. The van der Waals surface area contributed by atoms with Gasteiger partial charge in [-0.1, -0.05) is 13.3 Å². The molecule has 180 valence electrons. The molecule has 1 saturated heterocycles. The van der Waals surface area contributed by atoms with Crippen LogP contribution in [0.2, 0.25) is 0 Å². The molecule has 1 aliphatic heterocycles. The summed E-state index contributed by atoms with van der Waals surface area (Å²) in [7, 11) is 1.69. The summed E-state index contributed by atoms with van der Waals surface area (Å²) in [5, 5.41) is 9.08. The third kappa shape index (κ3) is 7.47. The molecule has 1 aliphatic rings. The number of rotatable bonds is 11. The lowest BCUT2D eigenvalue weighted by Gasteiger charge is -2.37. The van der Waals surface area contributed by atoms with E-state index in [9.17, 15) is 4.79 Å². The fraction of sp³-hybridized carbons (Fsp3) is 0.480. The number of ether oxygens (including phenoxy) is 1. The molecular weight excluding hydrogens is 436 g/mol. The summed E-state index contributed by atoms with van der Waals surface area (Å²) in [4.78, 5) is 20.1. The Hall–Kier alpha value is -2.58. The quantitative estimate of drug-likeness (QED) is 0.477. The van der Waals surface area contributed by atoms with E-state index in [2.05, 4.69) is 57.8 Å². The van der Waals surface area contributed by atoms with Gasteiger partial charge in [-0.25, -0.2) is 4.79 Å². The molecule has 0 aromatic heterocycles. The number of aliphatic hydroxyl groups excluding tert-OH is 1. The van der Waals surface area contributed by atoms with Crippen LogP contribution in [-0.4, -0.2) is 69.0 Å². The summed E-state index contributed by atoms with van der Waals surface area (Å²) in [6, 6.07) is 16.5. The van der Waals surface area contributed by atoms with Gasteiger partial charge in [-0.2, -0.15) is 0 Å². The second-order valence-corrected chi connectivity index (χ2v) is 8.97. The van der Waals surface area contributed by atoms with Crippen molar-refractivity contribution in [2.75, 3.05) is 62.8 Å². The van der Waals surface area contributed by atoms with E-state index in [0.717, 1.165) is 49.7 Å². The van der Waals surface area contributed by atoms with Crippen LogP contribution in [-0.2, 0) is 0 Å². The SMILES string of the molecule is CCCCN(CCCO)C(=O)NSc1ccc(N2CCN(c3ccc(OC)cc3)CC2)cc1. The summed E-state index contributed by atoms with van der Waals surface area (Å²) in [5.41, 5.74) is 2.43. The molecule has 0 unspecified atom stereocenters. The van der Waals surface area contributed by atoms with E-state index < -0.39 is 0 Å². The van der Waals surface area contributed by atoms with Crippen LogP contribution in [0.1, 0.15) is 26.2 Å². The van der Waals surface area contributed by atoms with Gasteiger partial charge in [0.1, 0.15) is 5.75 Å². The number of carbonyl (C=O) groups excluding carboxylic acids is 1. The summed E-state index contributed by atoms with van der Waals surface area (Å²) in [5.74, 6) is 0.880. The fourth-order valence-corrected chi connectivity index (χ4v) is 4.44. The number of benzene rings is 2. The Balaban J connectivity index is 1.47. The maximum absolute atomic E-state index is 12.5. The second-order valence-electron chi connectivity index (χ2n) is 8.09. The number of nitrogens with zero attached hydrogens (tertiary/aromatic N) is 3. The fourth-order valence-electron chi connectivity index (χ4n) is 3.83. The standard InChI is InChI=1S/C25H36N4O3S/c1-3-4-14-29(15-5-20-30)25(31)26-33-24-12-8-22(9-13-24)28-18-16-27(17-19-28)21-6-10-23(32-2)11-7-21/h6-13,30H,3-5,14-20H2,1-2H3,(H,26,31). The monoisotopic (exact) mass is 472 g/mol. The summed E-state index contributed by atoms with van der Waals surface area (Å²) >= 11 is 1.34. The molecule has 1 fully saturated rings. The van der Waals surface area contributed by atoms with Gasteiger partial charge in [0.15, 0.2) is 0 Å². The molecule has 0 aliphatic carbocycles. The smallest absolute Gasteiger partial charge is 0.327 e. The lowest BCUT2D eigenvalue weighted by atomic mass is 10.2. The van der Waals surface area contributed by atoms with Crippen molar-refractivity contribution in [3.05, 3.63) is 48.5 Å². The maximum Gasteiger partial charge on any atom is 0.327 e. The van der Waals surface area contributed by atoms with Crippen LogP contribution < -0.4 is 19.3 Å². The molecule has 3 rings (SSSR count). The maximum atomic E-state index is 12.5. The predicted octanol–water partition coefficient (Wildman–Crippen LogP) is 4.22. The molecule has 0 spiro atoms. The van der Waals surface area contributed by atoms with E-state index in [1.54, 1.807) is 12.0 Å². The Morgan fingerprint density at radius 2 is 1.52 bits per heavy atom. The van der Waals surface area contributed by atoms with E-state index in [4.69, 9.17) is 9.84 Å². The number of hydrogen-bond donors (Lipinski definition) is 2. The van der Waals surface area contributed by atoms with Crippen LogP contribution in [0.5, 0.6) is 5.75 Å². The number of nitrogens with one attached hydrogen (secondary N) is 1. The average molecular weight is 473 g/mol. The van der Waals surface area contributed by atoms with Crippen molar-refractivity contribution < 1.29 is 14.6 Å². The molecule has 2 aromatic rings. The lowest BCUT2D eigenvalue weighted by Crippen LogP contribution is -2.46. The Labute approximate surface area is 201 Å². The first-order valence-electron chi connectivity index (χ1n) is 11.7. The van der Waals surface area contributed by atoms with Crippen molar-refractivity contribution in [1.29, 1.82) is 0 Å². The van der Waals surface area contributed by atoms with Gasteiger partial charge in [-0.05, 0) is 73.3 Å². The number of anilines is 2. The minimum absolute atomic E-state index is 0.0961. The molecule has 8 heteroatoms. The molecule has 2 amide bonds. The van der Waals surface area contributed by atoms with E-state index in [1.807, 2.05) is 12.1 Å². The van der Waals surface area contributed by atoms with Gasteiger partial charge in [-0.3, -0.25) is 4.72 Å². The normalized spacial score (nSPS) is 13.7. The zero-order chi connectivity index (χ0) is 23.5. The molecule has 0 saturated carbocycles. The number of methoxy groups -OCH3 is 1. The van der Waals surface area contributed by atoms with E-state index in [1.165, 1.54) is 23.3 Å². The summed E-state index contributed by atoms with van der Waals surface area (Å²) in [6.45, 7) is 7.37. The molecule has 0 bridgehead atoms. The first-order valence-corrected chi connectivity index (χ1v) is 12.5. The number of amides is 2. The highest BCUT2D eigenvalue weighted by atomic mass is 32.2. The van der Waals surface area contributed by atoms with E-state index in [0.29, 0.717) is 19.5 Å². The molecule has 7 nitrogen and oxygen atoms in total. The molecule has 2 aromatic carbocycles. The summed E-state index contributed by atoms with van der Waals surface area (Å²) < 4.78 is 8.19. The first kappa shape index (κ1) is 25.1. The number of unbranched alkanes of at least 4 members (excludes halogenated alkanes) is 1. The molecule has 0 radical (unpaired) electrons. The number of carbonyl (C=O) groups is 1. The Kier molecular flexibility index (Phi) is 10.0. The largest absolute Gasteiger partial charge is 0.497 e. The molecular formula is C25H36N4O3S. The van der Waals surface area contributed by atoms with Crippen LogP contribution in [0.15, 0.2) is 53.4 Å². The Morgan fingerprint density at radius 1 is 0.970 bits per heavy atom. The van der Waals surface area contributed by atoms with E-state index >= 15 is 0 Å². The highest BCUT2D eigenvalue weighted by Crippen LogP contribution is 2.24. The summed E-state index contributed by atoms with van der Waals surface area (Å²) in [6.07, 6.45) is 2.60. The van der Waals surface area contributed by atoms with Crippen molar-refractivity contribution in [2.24, 2.45) is 0 Å². The van der Waals surface area contributed by atoms with Gasteiger partial charge in [0.25, 0.3) is 0 Å². The van der Waals surface area contributed by atoms with Crippen molar-refractivity contribution in [1.82, 2.24) is 9.62 Å². The zero-order valence-electron chi connectivity index (χ0n) is 19.7. The second kappa shape index (κ2) is 13.2. The van der Waals surface area contributed by atoms with Crippen LogP contribution in [0.4, 0.5) is 16.2 Å². The average Bonchev–Trinajstić information content (AvgIpc) is 2.88. The highest BCUT2D eigenvalue weighted by Gasteiger charge is 2.18. The van der Waals surface area contributed by atoms with Crippen molar-refractivity contribution >= 4 is 29.4 Å². The molecule has 0 atom stereocenters. The van der Waals surface area contributed by atoms with E-state index in [-0.39, 0.29) is 12.6 Å². The highest BCUT2D eigenvalue weighted by molar-refractivity contribution is 7.98. The number of aliphatic hydroxyl groups is 1. The van der Waals surface area contributed by atoms with Gasteiger partial charge in [-0.15, -0.1) is 0 Å². The number of urea groups is 1. The van der Waals surface area contributed by atoms with Gasteiger partial charge in [0.05, 0.1) is 7.11 Å². The zero-order valence-corrected chi connectivity index (χ0v) is 20.5. The van der Waals surface area contributed by atoms with Gasteiger partial charge in [0.2, 0.25) is 0 Å². The van der Waals surface area contributed by atoms with Gasteiger partial charge in [0, 0.05) is 62.1 Å². The first-order chi connectivity index (χ1) is 16.1.